The molecule has 1 N–H and O–H groups in total. The van der Waals surface area contributed by atoms with Gasteiger partial charge in [0.05, 0.1) is 34.6 Å². The van der Waals surface area contributed by atoms with Gasteiger partial charge in [-0.3, -0.25) is 14.7 Å². The van der Waals surface area contributed by atoms with Gasteiger partial charge in [0.2, 0.25) is 0 Å². The van der Waals surface area contributed by atoms with E-state index in [1.165, 1.54) is 0 Å². The summed E-state index contributed by atoms with van der Waals surface area (Å²) in [5.74, 6) is 0. The molecular weight excluding hydrogens is 544 g/mol. The second-order valence-electron chi connectivity index (χ2n) is 11.2. The first kappa shape index (κ1) is 29.1. The van der Waals surface area contributed by atoms with Crippen molar-refractivity contribution < 1.29 is 9.53 Å². The molecule has 0 atom stereocenters. The van der Waals surface area contributed by atoms with E-state index in [9.17, 15) is 14.4 Å². The maximum absolute atomic E-state index is 13.8. The molecule has 0 aliphatic carbocycles. The summed E-state index contributed by atoms with van der Waals surface area (Å²) in [7, 11) is 0. The van der Waals surface area contributed by atoms with Gasteiger partial charge in [0.1, 0.15) is 5.60 Å². The molecule has 2 heterocycles. The van der Waals surface area contributed by atoms with E-state index in [4.69, 9.17) is 10.00 Å². The highest BCUT2D eigenvalue weighted by molar-refractivity contribution is 5.85. The third-order valence-corrected chi connectivity index (χ3v) is 6.87. The van der Waals surface area contributed by atoms with E-state index < -0.39 is 22.9 Å². The summed E-state index contributed by atoms with van der Waals surface area (Å²) < 4.78 is 10.1. The quantitative estimate of drug-likeness (QED) is 0.269. The molecule has 218 valence electrons. The monoisotopic (exact) mass is 576 g/mol. The molecule has 0 aliphatic heterocycles. The van der Waals surface area contributed by atoms with Crippen LogP contribution in [-0.4, -0.2) is 30.4 Å². The lowest BCUT2D eigenvalue weighted by Gasteiger charge is -2.19. The summed E-state index contributed by atoms with van der Waals surface area (Å²) in [4.78, 5) is 43.7. The minimum absolute atomic E-state index is 0.389. The molecule has 0 fully saturated rings. The van der Waals surface area contributed by atoms with Crippen molar-refractivity contribution in [3.8, 4) is 11.8 Å². The molecule has 0 spiro atoms. The van der Waals surface area contributed by atoms with Crippen LogP contribution in [0.3, 0.4) is 0 Å². The summed E-state index contributed by atoms with van der Waals surface area (Å²) in [6, 6.07) is 23.2. The average molecular weight is 577 g/mol. The smallest absolute Gasteiger partial charge is 0.412 e. The highest BCUT2D eigenvalue weighted by Crippen LogP contribution is 2.16. The van der Waals surface area contributed by atoms with Gasteiger partial charge in [-0.05, 0) is 87.7 Å². The van der Waals surface area contributed by atoms with Gasteiger partial charge in [-0.1, -0.05) is 24.3 Å². The van der Waals surface area contributed by atoms with Crippen LogP contribution in [0, 0.1) is 11.3 Å². The van der Waals surface area contributed by atoms with Crippen LogP contribution in [0.2, 0.25) is 0 Å². The van der Waals surface area contributed by atoms with Crippen molar-refractivity contribution in [2.24, 2.45) is 0 Å². The van der Waals surface area contributed by atoms with Crippen LogP contribution >= 0.6 is 0 Å². The summed E-state index contributed by atoms with van der Waals surface area (Å²) >= 11 is 0. The number of anilines is 1. The number of aryl methyl sites for hydroxylation is 2. The van der Waals surface area contributed by atoms with E-state index in [-0.39, 0.29) is 0 Å². The summed E-state index contributed by atoms with van der Waals surface area (Å²) in [5.41, 5.74) is 2.63. The second-order valence-corrected chi connectivity index (χ2v) is 11.2. The van der Waals surface area contributed by atoms with Crippen LogP contribution in [0.25, 0.3) is 16.6 Å². The number of hydrogen-bond acceptors (Lipinski definition) is 6. The van der Waals surface area contributed by atoms with Crippen LogP contribution in [0.1, 0.15) is 44.0 Å². The Bertz CT molecular complexity index is 1920. The Hall–Kier alpha value is -5.43. The SMILES string of the molecule is CC(C)(C)OC(=O)Nc1ccc(-n2c(=O)c3ccccc3n(CCCc3cncn3Cc3ccc(C#N)cc3)c2=O)cc1. The van der Waals surface area contributed by atoms with Crippen molar-refractivity contribution in [2.45, 2.75) is 52.3 Å². The van der Waals surface area contributed by atoms with E-state index in [2.05, 4.69) is 20.9 Å². The number of amides is 1. The molecule has 2 aromatic heterocycles. The van der Waals surface area contributed by atoms with Crippen molar-refractivity contribution in [1.82, 2.24) is 18.7 Å². The molecule has 0 aliphatic rings. The number of rotatable bonds is 8. The number of ether oxygens (including phenoxy) is 1. The predicted octanol–water partition coefficient (Wildman–Crippen LogP) is 5.25. The number of fused-ring (bicyclic) bond motifs is 1. The number of aromatic nitrogens is 4. The Morgan fingerprint density at radius 3 is 2.42 bits per heavy atom. The molecule has 0 radical (unpaired) electrons. The van der Waals surface area contributed by atoms with Crippen molar-refractivity contribution in [2.75, 3.05) is 5.32 Å². The lowest BCUT2D eigenvalue weighted by atomic mass is 10.1. The first-order valence-corrected chi connectivity index (χ1v) is 14.0. The van der Waals surface area contributed by atoms with Gasteiger partial charge in [-0.2, -0.15) is 5.26 Å². The summed E-state index contributed by atoms with van der Waals surface area (Å²) in [6.45, 7) is 6.34. The fourth-order valence-electron chi connectivity index (χ4n) is 4.88. The summed E-state index contributed by atoms with van der Waals surface area (Å²) in [6.07, 6.45) is 4.31. The van der Waals surface area contributed by atoms with E-state index in [1.54, 1.807) is 86.3 Å². The molecule has 0 saturated heterocycles. The number of carbonyl (C=O) groups is 1. The van der Waals surface area contributed by atoms with Gasteiger partial charge in [0.15, 0.2) is 0 Å². The first-order chi connectivity index (χ1) is 20.6. The maximum Gasteiger partial charge on any atom is 0.412 e. The third-order valence-electron chi connectivity index (χ3n) is 6.87. The van der Waals surface area contributed by atoms with E-state index >= 15 is 0 Å². The topological polar surface area (TPSA) is 124 Å². The zero-order valence-electron chi connectivity index (χ0n) is 24.3. The van der Waals surface area contributed by atoms with Crippen molar-refractivity contribution in [3.63, 3.8) is 0 Å². The van der Waals surface area contributed by atoms with Crippen LogP contribution in [0.5, 0.6) is 0 Å². The molecule has 1 amide bonds. The summed E-state index contributed by atoms with van der Waals surface area (Å²) in [5, 5.41) is 12.1. The number of nitrogens with one attached hydrogen (secondary N) is 1. The Balaban J connectivity index is 1.37. The Kier molecular flexibility index (Phi) is 8.25. The number of benzene rings is 3. The minimum atomic E-state index is -0.641. The number of nitrogens with zero attached hydrogens (tertiary/aromatic N) is 5. The number of imidazole rings is 1. The molecule has 43 heavy (non-hydrogen) atoms. The Labute approximate surface area is 248 Å². The highest BCUT2D eigenvalue weighted by atomic mass is 16.6. The fraction of sp³-hybridized carbons (Fsp3) is 0.242. The molecule has 5 aromatic rings. The van der Waals surface area contributed by atoms with Crippen LogP contribution in [0.15, 0.2) is 94.9 Å². The van der Waals surface area contributed by atoms with Gasteiger partial charge in [0, 0.05) is 30.7 Å². The van der Waals surface area contributed by atoms with Gasteiger partial charge >= 0.3 is 11.8 Å². The molecule has 3 aromatic carbocycles. The second kappa shape index (κ2) is 12.2. The average Bonchev–Trinajstić information content (AvgIpc) is 3.41. The first-order valence-electron chi connectivity index (χ1n) is 14.0. The lowest BCUT2D eigenvalue weighted by Crippen LogP contribution is -2.39. The third kappa shape index (κ3) is 6.73. The molecule has 0 bridgehead atoms. The largest absolute Gasteiger partial charge is 0.444 e. The van der Waals surface area contributed by atoms with Gasteiger partial charge < -0.3 is 9.30 Å². The van der Waals surface area contributed by atoms with Crippen molar-refractivity contribution >= 4 is 22.7 Å². The van der Waals surface area contributed by atoms with E-state index in [0.29, 0.717) is 53.8 Å². The van der Waals surface area contributed by atoms with E-state index in [0.717, 1.165) is 15.8 Å². The number of para-hydroxylation sites is 1. The Morgan fingerprint density at radius 1 is 1.00 bits per heavy atom. The molecule has 10 nitrogen and oxygen atoms in total. The number of carbonyl (C=O) groups excluding carboxylic acids is 1. The zero-order valence-corrected chi connectivity index (χ0v) is 24.3. The van der Waals surface area contributed by atoms with Gasteiger partial charge in [0.25, 0.3) is 5.56 Å². The van der Waals surface area contributed by atoms with Gasteiger partial charge in [-0.15, -0.1) is 0 Å². The van der Waals surface area contributed by atoms with Gasteiger partial charge in [-0.25, -0.2) is 19.1 Å². The van der Waals surface area contributed by atoms with E-state index in [1.807, 2.05) is 24.4 Å². The molecule has 0 saturated carbocycles. The lowest BCUT2D eigenvalue weighted by molar-refractivity contribution is 0.0636. The highest BCUT2D eigenvalue weighted by Gasteiger charge is 2.17. The zero-order chi connectivity index (χ0) is 30.6. The van der Waals surface area contributed by atoms with Crippen molar-refractivity contribution in [1.29, 1.82) is 5.26 Å². The number of nitriles is 1. The number of hydrogen-bond donors (Lipinski definition) is 1. The molecule has 10 heteroatoms. The van der Waals surface area contributed by atoms with Crippen LogP contribution < -0.4 is 16.6 Å². The molecule has 0 unspecified atom stereocenters. The Morgan fingerprint density at radius 2 is 1.72 bits per heavy atom. The molecule has 5 rings (SSSR count). The fourth-order valence-corrected chi connectivity index (χ4v) is 4.88. The minimum Gasteiger partial charge on any atom is -0.444 e. The standard InChI is InChI=1S/C33H32N6O4/c1-33(2,3)43-31(41)36-25-14-16-26(17-15-25)39-30(40)28-8-4-5-9-29(28)38(32(39)42)18-6-7-27-20-35-22-37(27)21-24-12-10-23(19-34)11-13-24/h4-5,8-17,20,22H,6-7,18,21H2,1-3H3,(H,36,41). The van der Waals surface area contributed by atoms with Crippen LogP contribution in [-0.2, 0) is 24.2 Å². The normalized spacial score (nSPS) is 11.3. The van der Waals surface area contributed by atoms with Crippen LogP contribution in [0.4, 0.5) is 10.5 Å². The maximum atomic E-state index is 13.8. The predicted molar refractivity (Wildman–Crippen MR) is 164 cm³/mol. The molecular formula is C33H32N6O4. The van der Waals surface area contributed by atoms with Crippen molar-refractivity contribution in [3.05, 3.63) is 123 Å².